The van der Waals surface area contributed by atoms with Crippen LogP contribution in [0, 0.1) is 34.9 Å². The molecule has 0 spiro atoms. The molecule has 0 bridgehead atoms. The van der Waals surface area contributed by atoms with Crippen LogP contribution in [0.5, 0.6) is 5.75 Å². The molecule has 0 N–H and O–H groups in total. The molecule has 0 radical (unpaired) electrons. The number of rotatable bonds is 4. The molecule has 2 rings (SSSR count). The first-order chi connectivity index (χ1) is 10.4. The van der Waals surface area contributed by atoms with Crippen molar-refractivity contribution in [1.29, 1.82) is 0 Å². The SMILES string of the molecule is COc1ccc([N-]Sc2c(F)c(F)c(F)c(F)c2F)cc1F.[Na+]. The first-order valence-electron chi connectivity index (χ1n) is 5.59. The van der Waals surface area contributed by atoms with Crippen LogP contribution >= 0.6 is 11.9 Å². The van der Waals surface area contributed by atoms with E-state index < -0.39 is 39.8 Å². The van der Waals surface area contributed by atoms with Crippen LogP contribution in [0.15, 0.2) is 23.1 Å². The summed E-state index contributed by atoms with van der Waals surface area (Å²) in [5.41, 5.74) is -0.0766. The number of hydrogen-bond acceptors (Lipinski definition) is 2. The largest absolute Gasteiger partial charge is 1.00 e. The van der Waals surface area contributed by atoms with Crippen molar-refractivity contribution in [1.82, 2.24) is 0 Å². The van der Waals surface area contributed by atoms with Gasteiger partial charge in [-0.3, -0.25) is 0 Å². The zero-order chi connectivity index (χ0) is 16.4. The first kappa shape index (κ1) is 20.0. The molecular formula is C13H6F6NNaOS. The van der Waals surface area contributed by atoms with E-state index >= 15 is 0 Å². The van der Waals surface area contributed by atoms with Crippen LogP contribution in [0.2, 0.25) is 0 Å². The van der Waals surface area contributed by atoms with Crippen molar-refractivity contribution >= 4 is 17.6 Å². The van der Waals surface area contributed by atoms with Crippen LogP contribution in [-0.4, -0.2) is 7.11 Å². The van der Waals surface area contributed by atoms with E-state index in [0.717, 1.165) is 6.07 Å². The van der Waals surface area contributed by atoms with Crippen molar-refractivity contribution in [3.8, 4) is 5.75 Å². The van der Waals surface area contributed by atoms with Gasteiger partial charge >= 0.3 is 29.6 Å². The van der Waals surface area contributed by atoms with Gasteiger partial charge in [-0.25, -0.2) is 38.3 Å². The summed E-state index contributed by atoms with van der Waals surface area (Å²) in [6.45, 7) is 0. The number of hydrogen-bond donors (Lipinski definition) is 0. The van der Waals surface area contributed by atoms with Crippen LogP contribution in [0.3, 0.4) is 0 Å². The molecule has 118 valence electrons. The molecule has 2 nitrogen and oxygen atoms in total. The van der Waals surface area contributed by atoms with E-state index in [-0.39, 0.29) is 52.9 Å². The number of methoxy groups -OCH3 is 1. The molecule has 0 heterocycles. The molecule has 0 aliphatic rings. The number of nitrogens with zero attached hydrogens (tertiary/aromatic N) is 1. The molecule has 2 aromatic rings. The molecule has 0 saturated carbocycles. The molecule has 0 atom stereocenters. The summed E-state index contributed by atoms with van der Waals surface area (Å²) >= 11 is 0.00681. The number of benzene rings is 2. The fourth-order valence-corrected chi connectivity index (χ4v) is 2.13. The monoisotopic (exact) mass is 361 g/mol. The maximum Gasteiger partial charge on any atom is 1.00 e. The van der Waals surface area contributed by atoms with Gasteiger partial charge in [-0.2, -0.15) is 0 Å². The molecule has 0 amide bonds. The van der Waals surface area contributed by atoms with E-state index in [1.165, 1.54) is 19.2 Å². The Morgan fingerprint density at radius 3 is 1.87 bits per heavy atom. The average Bonchev–Trinajstić information content (AvgIpc) is 2.51. The van der Waals surface area contributed by atoms with E-state index in [9.17, 15) is 26.3 Å². The van der Waals surface area contributed by atoms with Crippen molar-refractivity contribution in [2.75, 3.05) is 7.11 Å². The van der Waals surface area contributed by atoms with Gasteiger partial charge in [0.2, 0.25) is 5.82 Å². The molecular weight excluding hydrogens is 355 g/mol. The third-order valence-corrected chi connectivity index (χ3v) is 3.39. The molecule has 10 heteroatoms. The van der Waals surface area contributed by atoms with Crippen LogP contribution in [0.1, 0.15) is 0 Å². The predicted molar refractivity (Wildman–Crippen MR) is 68.1 cm³/mol. The van der Waals surface area contributed by atoms with Crippen LogP contribution in [0.25, 0.3) is 4.72 Å². The Labute approximate surface area is 153 Å². The van der Waals surface area contributed by atoms with Crippen molar-refractivity contribution in [3.63, 3.8) is 0 Å². The summed E-state index contributed by atoms with van der Waals surface area (Å²) in [6.07, 6.45) is 0. The normalized spacial score (nSPS) is 10.2. The fraction of sp³-hybridized carbons (Fsp3) is 0.0769. The maximum atomic E-state index is 13.4. The molecule has 0 aliphatic carbocycles. The summed E-state index contributed by atoms with van der Waals surface area (Å²) in [5.74, 6) is -11.3. The van der Waals surface area contributed by atoms with Gasteiger partial charge in [-0.05, 0) is 12.1 Å². The predicted octanol–water partition coefficient (Wildman–Crippen LogP) is 2.25. The third-order valence-electron chi connectivity index (χ3n) is 2.55. The Balaban J connectivity index is 0.00000264. The fourth-order valence-electron chi connectivity index (χ4n) is 1.48. The van der Waals surface area contributed by atoms with E-state index in [1.54, 1.807) is 0 Å². The van der Waals surface area contributed by atoms with Gasteiger partial charge < -0.3 is 9.46 Å². The van der Waals surface area contributed by atoms with Gasteiger partial charge in [0, 0.05) is 0 Å². The molecule has 2 aromatic carbocycles. The maximum absolute atomic E-state index is 13.4. The smallest absolute Gasteiger partial charge is 0.627 e. The van der Waals surface area contributed by atoms with Gasteiger partial charge in [0.05, 0.1) is 12.0 Å². The summed E-state index contributed by atoms with van der Waals surface area (Å²) in [5, 5.41) is 0. The number of ether oxygens (including phenoxy) is 1. The minimum absolute atomic E-state index is 0. The Morgan fingerprint density at radius 1 is 0.870 bits per heavy atom. The van der Waals surface area contributed by atoms with Crippen LogP contribution in [-0.2, 0) is 0 Å². The topological polar surface area (TPSA) is 23.3 Å². The van der Waals surface area contributed by atoms with Gasteiger partial charge in [0.1, 0.15) is 0 Å². The molecule has 23 heavy (non-hydrogen) atoms. The minimum atomic E-state index is -2.25. The Hall–Kier alpha value is -1.03. The summed E-state index contributed by atoms with van der Waals surface area (Å²) in [4.78, 5) is -1.17. The zero-order valence-corrected chi connectivity index (χ0v) is 14.6. The second-order valence-corrected chi connectivity index (χ2v) is 4.67. The standard InChI is InChI=1S/C13H6F6NOS.Na/c1-21-7-3-2-5(4-6(7)14)20-22-13-11(18)9(16)8(15)10(17)12(13)19;/h2-4H,1H3;/q-1;+1. The average molecular weight is 361 g/mol. The Kier molecular flexibility index (Phi) is 7.12. The molecule has 0 aliphatic heterocycles. The summed E-state index contributed by atoms with van der Waals surface area (Å²) in [6, 6.07) is 3.34. The molecule has 0 aromatic heterocycles. The van der Waals surface area contributed by atoms with Gasteiger partial charge in [0.15, 0.2) is 34.8 Å². The second-order valence-electron chi connectivity index (χ2n) is 3.90. The quantitative estimate of drug-likeness (QED) is 0.274. The van der Waals surface area contributed by atoms with Crippen molar-refractivity contribution in [2.45, 2.75) is 4.90 Å². The Bertz CT molecular complexity index is 701. The molecule has 0 unspecified atom stereocenters. The second kappa shape index (κ2) is 8.18. The molecule has 0 fully saturated rings. The van der Waals surface area contributed by atoms with E-state index in [4.69, 9.17) is 0 Å². The van der Waals surface area contributed by atoms with Crippen molar-refractivity contribution in [2.24, 2.45) is 0 Å². The van der Waals surface area contributed by atoms with Crippen LogP contribution in [0.4, 0.5) is 32.0 Å². The Morgan fingerprint density at radius 2 is 1.39 bits per heavy atom. The van der Waals surface area contributed by atoms with Gasteiger partial charge in [0.25, 0.3) is 0 Å². The van der Waals surface area contributed by atoms with Gasteiger partial charge in [-0.1, -0.05) is 6.07 Å². The van der Waals surface area contributed by atoms with E-state index in [2.05, 4.69) is 9.46 Å². The zero-order valence-electron chi connectivity index (χ0n) is 11.8. The summed E-state index contributed by atoms with van der Waals surface area (Å²) in [7, 11) is 1.23. The van der Waals surface area contributed by atoms with Gasteiger partial charge in [-0.15, -0.1) is 5.69 Å². The minimum Gasteiger partial charge on any atom is -0.627 e. The van der Waals surface area contributed by atoms with E-state index in [1.807, 2.05) is 0 Å². The number of halogens is 6. The van der Waals surface area contributed by atoms with Crippen LogP contribution < -0.4 is 34.3 Å². The van der Waals surface area contributed by atoms with Crippen molar-refractivity contribution in [3.05, 3.63) is 57.8 Å². The summed E-state index contributed by atoms with van der Waals surface area (Å²) < 4.78 is 87.3. The van der Waals surface area contributed by atoms with E-state index in [0.29, 0.717) is 0 Å². The van der Waals surface area contributed by atoms with Crippen molar-refractivity contribution < 1.29 is 60.6 Å². The third kappa shape index (κ3) is 4.09. The molecule has 0 saturated heterocycles. The first-order valence-corrected chi connectivity index (χ1v) is 6.37.